The van der Waals surface area contributed by atoms with E-state index < -0.39 is 23.7 Å². The van der Waals surface area contributed by atoms with Gasteiger partial charge in [0.1, 0.15) is 5.00 Å². The van der Waals surface area contributed by atoms with E-state index >= 15 is 0 Å². The minimum Gasteiger partial charge on any atom is -0.481 e. The average Bonchev–Trinajstić information content (AvgIpc) is 3.10. The summed E-state index contributed by atoms with van der Waals surface area (Å²) in [4.78, 5) is 38.6. The van der Waals surface area contributed by atoms with Crippen molar-refractivity contribution in [2.24, 2.45) is 40.7 Å². The fraction of sp³-hybridized carbons (Fsp3) is 0.625. The number of carbonyl (C=O) groups is 3. The third-order valence-electron chi connectivity index (χ3n) is 8.10. The van der Waals surface area contributed by atoms with Crippen molar-refractivity contribution >= 4 is 34.1 Å². The zero-order valence-corrected chi connectivity index (χ0v) is 19.3. The zero-order valence-electron chi connectivity index (χ0n) is 18.4. The zero-order chi connectivity index (χ0) is 22.5. The minimum absolute atomic E-state index is 0.0764. The number of amides is 2. The lowest BCUT2D eigenvalue weighted by molar-refractivity contribution is -0.151. The lowest BCUT2D eigenvalue weighted by Gasteiger charge is -2.41. The molecule has 4 aliphatic rings. The van der Waals surface area contributed by atoms with Gasteiger partial charge in [-0.2, -0.15) is 0 Å². The van der Waals surface area contributed by atoms with Gasteiger partial charge in [0.15, 0.2) is 0 Å². The Hall–Kier alpha value is -2.15. The number of rotatable bonds is 6. The quantitative estimate of drug-likeness (QED) is 0.570. The standard InChI is InChI=1S/C24H32N2O4S/c1-4-24(2,3)14-9-10-15-16(11-14)31-22(19(15)20(25)27)26-21(28)17-12-5-7-13(8-6-12)18(17)23(29)30/h5,7,12-14,17-18H,4,6,8-11H2,1-3H3,(H2,25,27)(H,26,28)(H,29,30)/t12-,13+,14+,17-,18+/m1/s1. The van der Waals surface area contributed by atoms with E-state index in [9.17, 15) is 19.5 Å². The van der Waals surface area contributed by atoms with Crippen LogP contribution in [0.5, 0.6) is 0 Å². The van der Waals surface area contributed by atoms with Gasteiger partial charge < -0.3 is 16.2 Å². The molecule has 4 aliphatic carbocycles. The lowest BCUT2D eigenvalue weighted by atomic mass is 9.62. The number of nitrogens with two attached hydrogens (primary N) is 1. The van der Waals surface area contributed by atoms with Gasteiger partial charge in [-0.05, 0) is 60.8 Å². The summed E-state index contributed by atoms with van der Waals surface area (Å²) in [5, 5.41) is 13.2. The summed E-state index contributed by atoms with van der Waals surface area (Å²) in [5.74, 6) is -2.76. The van der Waals surface area contributed by atoms with Crippen LogP contribution in [0.15, 0.2) is 12.2 Å². The second-order valence-electron chi connectivity index (χ2n) is 10.0. The first-order chi connectivity index (χ1) is 14.6. The molecule has 1 heterocycles. The second kappa shape index (κ2) is 8.08. The van der Waals surface area contributed by atoms with Crippen LogP contribution in [0.25, 0.3) is 0 Å². The normalized spacial score (nSPS) is 29.5. The third kappa shape index (κ3) is 3.81. The van der Waals surface area contributed by atoms with Crippen molar-refractivity contribution < 1.29 is 19.5 Å². The van der Waals surface area contributed by atoms with Gasteiger partial charge in [0.05, 0.1) is 17.4 Å². The summed E-state index contributed by atoms with van der Waals surface area (Å²) < 4.78 is 0. The summed E-state index contributed by atoms with van der Waals surface area (Å²) >= 11 is 1.44. The van der Waals surface area contributed by atoms with E-state index in [4.69, 9.17) is 5.73 Å². The summed E-state index contributed by atoms with van der Waals surface area (Å²) in [7, 11) is 0. The fourth-order valence-corrected chi connectivity index (χ4v) is 7.11. The fourth-order valence-electron chi connectivity index (χ4n) is 5.77. The predicted octanol–water partition coefficient (Wildman–Crippen LogP) is 4.24. The number of primary amides is 1. The summed E-state index contributed by atoms with van der Waals surface area (Å²) in [6, 6.07) is 0. The number of carboxylic acids is 1. The van der Waals surface area contributed by atoms with Crippen molar-refractivity contribution in [2.45, 2.75) is 59.3 Å². The van der Waals surface area contributed by atoms with Gasteiger partial charge in [-0.3, -0.25) is 14.4 Å². The Kier molecular flexibility index (Phi) is 5.75. The van der Waals surface area contributed by atoms with Gasteiger partial charge in [-0.15, -0.1) is 11.3 Å². The number of aliphatic carboxylic acids is 1. The summed E-state index contributed by atoms with van der Waals surface area (Å²) in [5.41, 5.74) is 7.33. The molecule has 4 N–H and O–H groups in total. The molecule has 0 spiro atoms. The van der Waals surface area contributed by atoms with E-state index in [0.717, 1.165) is 49.0 Å². The number of anilines is 1. The molecule has 2 bridgehead atoms. The van der Waals surface area contributed by atoms with Gasteiger partial charge in [-0.1, -0.05) is 39.3 Å². The highest BCUT2D eigenvalue weighted by atomic mass is 32.1. The van der Waals surface area contributed by atoms with Gasteiger partial charge in [0.25, 0.3) is 5.91 Å². The predicted molar refractivity (Wildman–Crippen MR) is 121 cm³/mol. The average molecular weight is 445 g/mol. The number of carboxylic acid groups (broad SMARTS) is 1. The molecule has 5 atom stereocenters. The molecule has 1 fully saturated rings. The van der Waals surface area contributed by atoms with Crippen LogP contribution in [0.1, 0.15) is 67.3 Å². The first kappa shape index (κ1) is 22.1. The SMILES string of the molecule is CCC(C)(C)[C@H]1CCc2c(sc(NC(=O)[C@H]3[C@@H](C(=O)O)[C@H]4C=C[C@@H]3CC4)c2C(N)=O)C1. The molecule has 1 aromatic rings. The van der Waals surface area contributed by atoms with Gasteiger partial charge in [0, 0.05) is 4.88 Å². The topological polar surface area (TPSA) is 109 Å². The number of thiophene rings is 1. The second-order valence-corrected chi connectivity index (χ2v) is 11.1. The highest BCUT2D eigenvalue weighted by molar-refractivity contribution is 7.17. The number of allylic oxidation sites excluding steroid dienone is 2. The van der Waals surface area contributed by atoms with Crippen molar-refractivity contribution in [3.63, 3.8) is 0 Å². The monoisotopic (exact) mass is 444 g/mol. The summed E-state index contributed by atoms with van der Waals surface area (Å²) in [6.07, 6.45) is 9.30. The highest BCUT2D eigenvalue weighted by Gasteiger charge is 2.48. The first-order valence-electron chi connectivity index (χ1n) is 11.3. The number of hydrogen-bond donors (Lipinski definition) is 3. The van der Waals surface area contributed by atoms with Crippen LogP contribution in [0, 0.1) is 35.0 Å². The molecule has 7 heteroatoms. The van der Waals surface area contributed by atoms with E-state index in [-0.39, 0.29) is 23.2 Å². The maximum absolute atomic E-state index is 13.3. The molecular formula is C24H32N2O4S. The molecule has 6 nitrogen and oxygen atoms in total. The van der Waals surface area contributed by atoms with E-state index in [2.05, 4.69) is 26.1 Å². The van der Waals surface area contributed by atoms with Crippen molar-refractivity contribution in [1.29, 1.82) is 0 Å². The first-order valence-corrected chi connectivity index (χ1v) is 12.1. The van der Waals surface area contributed by atoms with Gasteiger partial charge in [0.2, 0.25) is 5.91 Å². The molecule has 1 saturated carbocycles. The molecule has 0 saturated heterocycles. The van der Waals surface area contributed by atoms with Crippen LogP contribution in [0.2, 0.25) is 0 Å². The van der Waals surface area contributed by atoms with Crippen molar-refractivity contribution in [1.82, 2.24) is 0 Å². The van der Waals surface area contributed by atoms with Crippen LogP contribution in [-0.4, -0.2) is 22.9 Å². The van der Waals surface area contributed by atoms with Gasteiger partial charge in [-0.25, -0.2) is 0 Å². The number of fused-ring (bicyclic) bond motifs is 3. The molecule has 31 heavy (non-hydrogen) atoms. The van der Waals surface area contributed by atoms with E-state index in [0.29, 0.717) is 16.5 Å². The number of nitrogens with one attached hydrogen (secondary N) is 1. The molecule has 2 amide bonds. The minimum atomic E-state index is -0.926. The van der Waals surface area contributed by atoms with E-state index in [1.54, 1.807) is 0 Å². The molecule has 0 aromatic carbocycles. The maximum atomic E-state index is 13.3. The van der Waals surface area contributed by atoms with Crippen LogP contribution < -0.4 is 11.1 Å². The van der Waals surface area contributed by atoms with Crippen LogP contribution >= 0.6 is 11.3 Å². The Morgan fingerprint density at radius 3 is 2.35 bits per heavy atom. The van der Waals surface area contributed by atoms with Gasteiger partial charge >= 0.3 is 5.97 Å². The molecule has 168 valence electrons. The van der Waals surface area contributed by atoms with Crippen molar-refractivity contribution in [3.8, 4) is 0 Å². The number of carbonyl (C=O) groups excluding carboxylic acids is 2. The van der Waals surface area contributed by atoms with Crippen molar-refractivity contribution in [3.05, 3.63) is 28.2 Å². The Labute approximate surface area is 187 Å². The molecule has 1 aromatic heterocycles. The molecular weight excluding hydrogens is 412 g/mol. The molecule has 0 unspecified atom stereocenters. The maximum Gasteiger partial charge on any atom is 0.307 e. The number of hydrogen-bond acceptors (Lipinski definition) is 4. The smallest absolute Gasteiger partial charge is 0.307 e. The Bertz CT molecular complexity index is 948. The van der Waals surface area contributed by atoms with Crippen LogP contribution in [-0.2, 0) is 22.4 Å². The molecule has 0 aliphatic heterocycles. The highest BCUT2D eigenvalue weighted by Crippen LogP contribution is 2.48. The Balaban J connectivity index is 1.62. The molecule has 0 radical (unpaired) electrons. The van der Waals surface area contributed by atoms with E-state index in [1.807, 2.05) is 12.2 Å². The van der Waals surface area contributed by atoms with Crippen LogP contribution in [0.3, 0.4) is 0 Å². The largest absolute Gasteiger partial charge is 0.481 e. The lowest BCUT2D eigenvalue weighted by Crippen LogP contribution is -2.47. The summed E-state index contributed by atoms with van der Waals surface area (Å²) in [6.45, 7) is 6.77. The van der Waals surface area contributed by atoms with E-state index in [1.165, 1.54) is 11.3 Å². The molecule has 5 rings (SSSR count). The Morgan fingerprint density at radius 1 is 1.16 bits per heavy atom. The van der Waals surface area contributed by atoms with Crippen molar-refractivity contribution in [2.75, 3.05) is 5.32 Å². The third-order valence-corrected chi connectivity index (χ3v) is 9.27. The van der Waals surface area contributed by atoms with Crippen LogP contribution in [0.4, 0.5) is 5.00 Å². The Morgan fingerprint density at radius 2 is 1.81 bits per heavy atom.